The van der Waals surface area contributed by atoms with Gasteiger partial charge in [0.15, 0.2) is 0 Å². The van der Waals surface area contributed by atoms with Gasteiger partial charge in [-0.25, -0.2) is 0 Å². The Labute approximate surface area is 120 Å². The molecular formula is C16H23N3O. The minimum atomic E-state index is -0.141. The molecule has 0 amide bonds. The number of nitrogens with two attached hydrogens (primary N) is 1. The van der Waals surface area contributed by atoms with E-state index in [2.05, 4.69) is 36.4 Å². The second-order valence-electron chi connectivity index (χ2n) is 5.64. The molecule has 0 bridgehead atoms. The first-order chi connectivity index (χ1) is 9.57. The molecule has 1 heterocycles. The van der Waals surface area contributed by atoms with Crippen molar-refractivity contribution in [2.75, 3.05) is 7.11 Å². The Morgan fingerprint density at radius 2 is 2.10 bits per heavy atom. The van der Waals surface area contributed by atoms with Gasteiger partial charge >= 0.3 is 0 Å². The van der Waals surface area contributed by atoms with Crippen LogP contribution in [0.4, 0.5) is 0 Å². The zero-order valence-electron chi connectivity index (χ0n) is 12.4. The minimum absolute atomic E-state index is 0.0947. The van der Waals surface area contributed by atoms with Crippen LogP contribution in [0.1, 0.15) is 38.3 Å². The number of ether oxygens (including phenoxy) is 1. The molecule has 2 rings (SSSR count). The number of nitrogens with one attached hydrogen (secondary N) is 1. The number of pyridine rings is 1. The number of fused-ring (bicyclic) bond motifs is 1. The van der Waals surface area contributed by atoms with Gasteiger partial charge in [-0.2, -0.15) is 0 Å². The van der Waals surface area contributed by atoms with Crippen LogP contribution in [0.25, 0.3) is 10.9 Å². The van der Waals surface area contributed by atoms with Crippen molar-refractivity contribution in [1.82, 2.24) is 10.4 Å². The number of hydrazine groups is 1. The fraction of sp³-hybridized carbons (Fsp3) is 0.438. The molecule has 1 aromatic carbocycles. The lowest BCUT2D eigenvalue weighted by molar-refractivity contribution is 0.0117. The summed E-state index contributed by atoms with van der Waals surface area (Å²) in [5.41, 5.74) is 4.96. The SMILES string of the molecule is COC(C)(C)CCC(NN)c1cccc2ncccc12. The summed E-state index contributed by atoms with van der Waals surface area (Å²) in [6, 6.07) is 10.3. The summed E-state index contributed by atoms with van der Waals surface area (Å²) in [6.45, 7) is 4.18. The summed E-state index contributed by atoms with van der Waals surface area (Å²) in [6.07, 6.45) is 3.64. The third-order valence-corrected chi connectivity index (χ3v) is 3.84. The van der Waals surface area contributed by atoms with Crippen LogP contribution in [-0.2, 0) is 4.74 Å². The van der Waals surface area contributed by atoms with E-state index in [0.717, 1.165) is 23.7 Å². The fourth-order valence-electron chi connectivity index (χ4n) is 2.35. The number of hydrogen-bond acceptors (Lipinski definition) is 4. The van der Waals surface area contributed by atoms with Gasteiger partial charge in [0.1, 0.15) is 0 Å². The number of aromatic nitrogens is 1. The Bertz CT molecular complexity index is 563. The summed E-state index contributed by atoms with van der Waals surface area (Å²) in [5.74, 6) is 5.76. The van der Waals surface area contributed by atoms with Gasteiger partial charge < -0.3 is 4.74 Å². The van der Waals surface area contributed by atoms with Crippen LogP contribution < -0.4 is 11.3 Å². The first-order valence-electron chi connectivity index (χ1n) is 6.92. The number of rotatable bonds is 6. The van der Waals surface area contributed by atoms with E-state index in [1.807, 2.05) is 24.4 Å². The van der Waals surface area contributed by atoms with Gasteiger partial charge in [-0.1, -0.05) is 18.2 Å². The van der Waals surface area contributed by atoms with Crippen molar-refractivity contribution in [3.63, 3.8) is 0 Å². The lowest BCUT2D eigenvalue weighted by atomic mass is 9.93. The Hall–Kier alpha value is -1.49. The number of nitrogens with zero attached hydrogens (tertiary/aromatic N) is 1. The first kappa shape index (κ1) is 14.9. The van der Waals surface area contributed by atoms with Gasteiger partial charge in [0.25, 0.3) is 0 Å². The van der Waals surface area contributed by atoms with Crippen molar-refractivity contribution in [2.24, 2.45) is 5.84 Å². The van der Waals surface area contributed by atoms with Gasteiger partial charge in [-0.05, 0) is 44.4 Å². The van der Waals surface area contributed by atoms with Gasteiger partial charge in [0.2, 0.25) is 0 Å². The maximum Gasteiger partial charge on any atom is 0.0705 e. The van der Waals surface area contributed by atoms with Crippen molar-refractivity contribution >= 4 is 10.9 Å². The predicted molar refractivity (Wildman–Crippen MR) is 82.1 cm³/mol. The van der Waals surface area contributed by atoms with Crippen molar-refractivity contribution in [1.29, 1.82) is 0 Å². The van der Waals surface area contributed by atoms with E-state index in [1.165, 1.54) is 5.56 Å². The molecule has 0 saturated heterocycles. The molecule has 1 atom stereocenters. The Kier molecular flexibility index (Phi) is 4.70. The van der Waals surface area contributed by atoms with Crippen LogP contribution >= 0.6 is 0 Å². The topological polar surface area (TPSA) is 60.2 Å². The third-order valence-electron chi connectivity index (χ3n) is 3.84. The highest BCUT2D eigenvalue weighted by molar-refractivity contribution is 5.82. The molecule has 0 aliphatic heterocycles. The molecule has 2 aromatic rings. The van der Waals surface area contributed by atoms with Crippen molar-refractivity contribution in [3.8, 4) is 0 Å². The molecule has 4 nitrogen and oxygen atoms in total. The highest BCUT2D eigenvalue weighted by Crippen LogP contribution is 2.28. The Balaban J connectivity index is 2.26. The molecule has 1 unspecified atom stereocenters. The maximum absolute atomic E-state index is 5.76. The van der Waals surface area contributed by atoms with Crippen LogP contribution in [0, 0.1) is 0 Å². The average molecular weight is 273 g/mol. The predicted octanol–water partition coefficient (Wildman–Crippen LogP) is 2.94. The molecule has 108 valence electrons. The molecule has 0 aliphatic rings. The monoisotopic (exact) mass is 273 g/mol. The minimum Gasteiger partial charge on any atom is -0.379 e. The molecule has 3 N–H and O–H groups in total. The lowest BCUT2D eigenvalue weighted by Gasteiger charge is -2.26. The summed E-state index contributed by atoms with van der Waals surface area (Å²) < 4.78 is 5.47. The highest BCUT2D eigenvalue weighted by Gasteiger charge is 2.20. The van der Waals surface area contributed by atoms with E-state index >= 15 is 0 Å². The van der Waals surface area contributed by atoms with E-state index in [0.29, 0.717) is 0 Å². The summed E-state index contributed by atoms with van der Waals surface area (Å²) >= 11 is 0. The zero-order chi connectivity index (χ0) is 14.6. The lowest BCUT2D eigenvalue weighted by Crippen LogP contribution is -2.31. The van der Waals surface area contributed by atoms with E-state index in [-0.39, 0.29) is 11.6 Å². The molecule has 0 aliphatic carbocycles. The Morgan fingerprint density at radius 3 is 2.80 bits per heavy atom. The number of hydrogen-bond donors (Lipinski definition) is 2. The molecule has 0 radical (unpaired) electrons. The van der Waals surface area contributed by atoms with Crippen LogP contribution in [0.5, 0.6) is 0 Å². The Morgan fingerprint density at radius 1 is 1.30 bits per heavy atom. The molecular weight excluding hydrogens is 250 g/mol. The van der Waals surface area contributed by atoms with Crippen molar-refractivity contribution < 1.29 is 4.74 Å². The second-order valence-corrected chi connectivity index (χ2v) is 5.64. The van der Waals surface area contributed by atoms with Gasteiger partial charge in [0, 0.05) is 24.7 Å². The molecule has 0 fully saturated rings. The average Bonchev–Trinajstić information content (AvgIpc) is 2.48. The largest absolute Gasteiger partial charge is 0.379 e. The number of benzene rings is 1. The summed E-state index contributed by atoms with van der Waals surface area (Å²) in [7, 11) is 1.74. The van der Waals surface area contributed by atoms with E-state index in [4.69, 9.17) is 10.6 Å². The quantitative estimate of drug-likeness (QED) is 0.627. The van der Waals surface area contributed by atoms with Crippen LogP contribution in [0.15, 0.2) is 36.5 Å². The zero-order valence-corrected chi connectivity index (χ0v) is 12.4. The van der Waals surface area contributed by atoms with Gasteiger partial charge in [0.05, 0.1) is 11.1 Å². The van der Waals surface area contributed by atoms with Crippen molar-refractivity contribution in [3.05, 3.63) is 42.1 Å². The van der Waals surface area contributed by atoms with Crippen LogP contribution in [-0.4, -0.2) is 17.7 Å². The van der Waals surface area contributed by atoms with Gasteiger partial charge in [-0.3, -0.25) is 16.3 Å². The fourth-order valence-corrected chi connectivity index (χ4v) is 2.35. The molecule has 0 saturated carbocycles. The van der Waals surface area contributed by atoms with Crippen LogP contribution in [0.2, 0.25) is 0 Å². The maximum atomic E-state index is 5.76. The van der Waals surface area contributed by atoms with E-state index in [9.17, 15) is 0 Å². The van der Waals surface area contributed by atoms with Crippen LogP contribution in [0.3, 0.4) is 0 Å². The normalized spacial score (nSPS) is 13.6. The molecule has 4 heteroatoms. The second kappa shape index (κ2) is 6.31. The highest BCUT2D eigenvalue weighted by atomic mass is 16.5. The first-order valence-corrected chi connectivity index (χ1v) is 6.92. The summed E-state index contributed by atoms with van der Waals surface area (Å²) in [4.78, 5) is 4.39. The van der Waals surface area contributed by atoms with E-state index in [1.54, 1.807) is 7.11 Å². The van der Waals surface area contributed by atoms with E-state index < -0.39 is 0 Å². The van der Waals surface area contributed by atoms with Gasteiger partial charge in [-0.15, -0.1) is 0 Å². The molecule has 20 heavy (non-hydrogen) atoms. The number of methoxy groups -OCH3 is 1. The van der Waals surface area contributed by atoms with Crippen molar-refractivity contribution in [2.45, 2.75) is 38.3 Å². The molecule has 0 spiro atoms. The standard InChI is InChI=1S/C16H23N3O/c1-16(2,20-3)10-9-15(19-17)13-6-4-8-14-12(13)7-5-11-18-14/h4-8,11,15,19H,9-10,17H2,1-3H3. The molecule has 1 aromatic heterocycles. The smallest absolute Gasteiger partial charge is 0.0705 e. The summed E-state index contributed by atoms with van der Waals surface area (Å²) in [5, 5.41) is 1.15. The third kappa shape index (κ3) is 3.33.